The molecule has 0 unspecified atom stereocenters. The first-order valence-corrected chi connectivity index (χ1v) is 6.70. The number of hydrogen-bond donors (Lipinski definition) is 2. The molecule has 19 heavy (non-hydrogen) atoms. The minimum atomic E-state index is -0.792. The monoisotopic (exact) mass is 265 g/mol. The second kappa shape index (κ2) is 7.79. The number of nitrogens with one attached hydrogen (secondary N) is 1. The summed E-state index contributed by atoms with van der Waals surface area (Å²) >= 11 is 0. The van der Waals surface area contributed by atoms with E-state index in [4.69, 9.17) is 9.84 Å². The van der Waals surface area contributed by atoms with Crippen molar-refractivity contribution >= 4 is 5.97 Å². The van der Waals surface area contributed by atoms with Crippen LogP contribution in [-0.4, -0.2) is 23.7 Å². The molecule has 0 aliphatic carbocycles. The van der Waals surface area contributed by atoms with Crippen LogP contribution in [0.2, 0.25) is 0 Å². The molecule has 0 spiro atoms. The lowest BCUT2D eigenvalue weighted by molar-refractivity contribution is -0.140. The molecule has 0 bridgehead atoms. The molecule has 2 N–H and O–H groups in total. The summed E-state index contributed by atoms with van der Waals surface area (Å²) < 4.78 is 5.36. The third-order valence-corrected chi connectivity index (χ3v) is 2.79. The summed E-state index contributed by atoms with van der Waals surface area (Å²) in [5.74, 6) is 0.400. The van der Waals surface area contributed by atoms with Gasteiger partial charge in [0.05, 0.1) is 6.61 Å². The largest absolute Gasteiger partial charge is 0.494 e. The standard InChI is InChI=1S/C15H23NO3/c1-4-19-13-7-5-12(6-8-13)10-16-14(15(17)18)9-11(2)3/h5-8,11,14,16H,4,9-10H2,1-3H3,(H,17,18)/t14-/m0/s1. The van der Waals surface area contributed by atoms with E-state index in [0.29, 0.717) is 25.5 Å². The van der Waals surface area contributed by atoms with Crippen molar-refractivity contribution in [3.8, 4) is 5.75 Å². The number of rotatable bonds is 8. The molecular weight excluding hydrogens is 242 g/mol. The number of benzene rings is 1. The van der Waals surface area contributed by atoms with E-state index in [1.165, 1.54) is 0 Å². The lowest BCUT2D eigenvalue weighted by Crippen LogP contribution is -2.37. The molecular formula is C15H23NO3. The lowest BCUT2D eigenvalue weighted by atomic mass is 10.0. The van der Waals surface area contributed by atoms with Crippen LogP contribution in [0.15, 0.2) is 24.3 Å². The van der Waals surface area contributed by atoms with Crippen LogP contribution in [0.3, 0.4) is 0 Å². The highest BCUT2D eigenvalue weighted by atomic mass is 16.5. The molecule has 0 amide bonds. The Morgan fingerprint density at radius 2 is 1.95 bits per heavy atom. The molecule has 0 aliphatic rings. The third kappa shape index (κ3) is 5.75. The quantitative estimate of drug-likeness (QED) is 0.758. The fourth-order valence-corrected chi connectivity index (χ4v) is 1.85. The first-order chi connectivity index (χ1) is 9.02. The van der Waals surface area contributed by atoms with E-state index in [0.717, 1.165) is 11.3 Å². The van der Waals surface area contributed by atoms with Gasteiger partial charge in [0, 0.05) is 6.54 Å². The molecule has 1 aromatic carbocycles. The van der Waals surface area contributed by atoms with Gasteiger partial charge in [0.25, 0.3) is 0 Å². The molecule has 0 radical (unpaired) electrons. The van der Waals surface area contributed by atoms with E-state index >= 15 is 0 Å². The van der Waals surface area contributed by atoms with Crippen LogP contribution in [-0.2, 0) is 11.3 Å². The van der Waals surface area contributed by atoms with Crippen molar-refractivity contribution in [2.75, 3.05) is 6.61 Å². The van der Waals surface area contributed by atoms with Gasteiger partial charge < -0.3 is 15.2 Å². The first kappa shape index (κ1) is 15.5. The first-order valence-electron chi connectivity index (χ1n) is 6.70. The number of hydrogen-bond acceptors (Lipinski definition) is 3. The number of carbonyl (C=O) groups is 1. The van der Waals surface area contributed by atoms with Gasteiger partial charge in [0.15, 0.2) is 0 Å². The van der Waals surface area contributed by atoms with E-state index in [-0.39, 0.29) is 0 Å². The molecule has 1 atom stereocenters. The van der Waals surface area contributed by atoms with Crippen LogP contribution in [0.5, 0.6) is 5.75 Å². The minimum Gasteiger partial charge on any atom is -0.494 e. The zero-order valence-corrected chi connectivity index (χ0v) is 11.8. The molecule has 1 aromatic rings. The van der Waals surface area contributed by atoms with Gasteiger partial charge in [-0.05, 0) is 37.0 Å². The molecule has 0 saturated carbocycles. The smallest absolute Gasteiger partial charge is 0.320 e. The van der Waals surface area contributed by atoms with Crippen LogP contribution < -0.4 is 10.1 Å². The van der Waals surface area contributed by atoms with Gasteiger partial charge in [-0.2, -0.15) is 0 Å². The SMILES string of the molecule is CCOc1ccc(CN[C@@H](CC(C)C)C(=O)O)cc1. The third-order valence-electron chi connectivity index (χ3n) is 2.79. The number of carboxylic acids is 1. The fraction of sp³-hybridized carbons (Fsp3) is 0.533. The Balaban J connectivity index is 2.51. The lowest BCUT2D eigenvalue weighted by Gasteiger charge is -2.16. The molecule has 0 fully saturated rings. The zero-order valence-electron chi connectivity index (χ0n) is 11.8. The molecule has 1 rings (SSSR count). The molecule has 0 heterocycles. The predicted molar refractivity (Wildman–Crippen MR) is 75.3 cm³/mol. The van der Waals surface area contributed by atoms with Gasteiger partial charge in [-0.15, -0.1) is 0 Å². The Bertz CT molecular complexity index is 387. The second-order valence-electron chi connectivity index (χ2n) is 4.98. The van der Waals surface area contributed by atoms with Gasteiger partial charge in [0.1, 0.15) is 11.8 Å². The average Bonchev–Trinajstić information content (AvgIpc) is 2.36. The van der Waals surface area contributed by atoms with Crippen LogP contribution in [0.25, 0.3) is 0 Å². The fourth-order valence-electron chi connectivity index (χ4n) is 1.85. The number of aliphatic carboxylic acids is 1. The van der Waals surface area contributed by atoms with E-state index in [9.17, 15) is 4.79 Å². The highest BCUT2D eigenvalue weighted by Gasteiger charge is 2.17. The summed E-state index contributed by atoms with van der Waals surface area (Å²) in [7, 11) is 0. The van der Waals surface area contributed by atoms with Gasteiger partial charge in [-0.1, -0.05) is 26.0 Å². The molecule has 4 nitrogen and oxygen atoms in total. The van der Waals surface area contributed by atoms with Crippen molar-refractivity contribution in [1.82, 2.24) is 5.32 Å². The maximum atomic E-state index is 11.1. The van der Waals surface area contributed by atoms with Crippen LogP contribution >= 0.6 is 0 Å². The van der Waals surface area contributed by atoms with Crippen molar-refractivity contribution in [2.45, 2.75) is 39.8 Å². The Kier molecular flexibility index (Phi) is 6.36. The highest BCUT2D eigenvalue weighted by Crippen LogP contribution is 2.12. The van der Waals surface area contributed by atoms with Gasteiger partial charge in [-0.25, -0.2) is 0 Å². The van der Waals surface area contributed by atoms with Crippen LogP contribution in [0.4, 0.5) is 0 Å². The van der Waals surface area contributed by atoms with Crippen molar-refractivity contribution < 1.29 is 14.6 Å². The van der Waals surface area contributed by atoms with Crippen LogP contribution in [0.1, 0.15) is 32.8 Å². The minimum absolute atomic E-state index is 0.355. The normalized spacial score (nSPS) is 12.4. The van der Waals surface area contributed by atoms with Gasteiger partial charge in [-0.3, -0.25) is 4.79 Å². The van der Waals surface area contributed by atoms with E-state index in [1.54, 1.807) is 0 Å². The second-order valence-corrected chi connectivity index (χ2v) is 4.98. The Morgan fingerprint density at radius 3 is 2.42 bits per heavy atom. The Labute approximate surface area is 114 Å². The molecule has 106 valence electrons. The summed E-state index contributed by atoms with van der Waals surface area (Å²) in [6.07, 6.45) is 0.631. The summed E-state index contributed by atoms with van der Waals surface area (Å²) in [6, 6.07) is 7.21. The molecule has 0 aromatic heterocycles. The summed E-state index contributed by atoms with van der Waals surface area (Å²) in [5.41, 5.74) is 1.05. The van der Waals surface area contributed by atoms with Crippen molar-refractivity contribution in [1.29, 1.82) is 0 Å². The highest BCUT2D eigenvalue weighted by molar-refractivity contribution is 5.73. The number of carboxylic acid groups (broad SMARTS) is 1. The van der Waals surface area contributed by atoms with Gasteiger partial charge in [0.2, 0.25) is 0 Å². The average molecular weight is 265 g/mol. The summed E-state index contributed by atoms with van der Waals surface area (Å²) in [4.78, 5) is 11.1. The van der Waals surface area contributed by atoms with E-state index in [2.05, 4.69) is 5.32 Å². The van der Waals surface area contributed by atoms with E-state index in [1.807, 2.05) is 45.0 Å². The van der Waals surface area contributed by atoms with Crippen molar-refractivity contribution in [2.24, 2.45) is 5.92 Å². The Morgan fingerprint density at radius 1 is 1.32 bits per heavy atom. The van der Waals surface area contributed by atoms with Crippen molar-refractivity contribution in [3.63, 3.8) is 0 Å². The summed E-state index contributed by atoms with van der Waals surface area (Å²) in [6.45, 7) is 7.19. The zero-order chi connectivity index (χ0) is 14.3. The Hall–Kier alpha value is -1.55. The number of ether oxygens (including phenoxy) is 1. The molecule has 0 aliphatic heterocycles. The maximum Gasteiger partial charge on any atom is 0.320 e. The predicted octanol–water partition coefficient (Wildman–Crippen LogP) is 2.67. The molecule has 0 saturated heterocycles. The van der Waals surface area contributed by atoms with E-state index < -0.39 is 12.0 Å². The topological polar surface area (TPSA) is 58.6 Å². The summed E-state index contributed by atoms with van der Waals surface area (Å²) in [5, 5.41) is 12.2. The maximum absolute atomic E-state index is 11.1. The van der Waals surface area contributed by atoms with Crippen LogP contribution in [0, 0.1) is 5.92 Å². The molecule has 4 heteroatoms. The van der Waals surface area contributed by atoms with Crippen molar-refractivity contribution in [3.05, 3.63) is 29.8 Å². The van der Waals surface area contributed by atoms with Gasteiger partial charge >= 0.3 is 5.97 Å².